The van der Waals surface area contributed by atoms with Crippen molar-refractivity contribution in [3.05, 3.63) is 34.6 Å². The first-order valence-electron chi connectivity index (χ1n) is 3.61. The van der Waals surface area contributed by atoms with E-state index in [1.165, 1.54) is 12.1 Å². The van der Waals surface area contributed by atoms with Gasteiger partial charge in [0, 0.05) is 0 Å². The van der Waals surface area contributed by atoms with E-state index in [1.54, 1.807) is 0 Å². The highest BCUT2D eigenvalue weighted by Gasteiger charge is 2.38. The largest absolute Gasteiger partial charge is 0.420 e. The van der Waals surface area contributed by atoms with Gasteiger partial charge in [-0.1, -0.05) is 0 Å². The van der Waals surface area contributed by atoms with Gasteiger partial charge >= 0.3 is 6.18 Å². The molecule has 0 saturated carbocycles. The fraction of sp³-hybridized carbons (Fsp3) is 0.111. The lowest BCUT2D eigenvalue weighted by Gasteiger charge is -2.09. The highest BCUT2D eigenvalue weighted by molar-refractivity contribution is 5.46. The lowest BCUT2D eigenvalue weighted by atomic mass is 10.0. The lowest BCUT2D eigenvalue weighted by Crippen LogP contribution is -2.12. The van der Waals surface area contributed by atoms with Gasteiger partial charge in [0.1, 0.15) is 11.6 Å². The van der Waals surface area contributed by atoms with E-state index in [0.29, 0.717) is 0 Å². The molecule has 0 radical (unpaired) electrons. The molecular formula is C9H2F4N2. The molecule has 0 fully saturated rings. The van der Waals surface area contributed by atoms with Gasteiger partial charge in [-0.3, -0.25) is 0 Å². The second-order valence-electron chi connectivity index (χ2n) is 2.57. The minimum atomic E-state index is -4.98. The molecule has 2 nitrogen and oxygen atoms in total. The van der Waals surface area contributed by atoms with E-state index >= 15 is 0 Å². The molecular weight excluding hydrogens is 212 g/mol. The summed E-state index contributed by atoms with van der Waals surface area (Å²) in [4.78, 5) is 0. The number of benzene rings is 1. The first-order chi connectivity index (χ1) is 6.91. The van der Waals surface area contributed by atoms with Crippen molar-refractivity contribution in [3.8, 4) is 12.1 Å². The molecule has 1 aromatic carbocycles. The fourth-order valence-corrected chi connectivity index (χ4v) is 1.03. The van der Waals surface area contributed by atoms with E-state index in [0.717, 1.165) is 12.1 Å². The number of rotatable bonds is 0. The molecule has 0 saturated heterocycles. The molecule has 0 heterocycles. The third kappa shape index (κ3) is 1.89. The molecule has 0 atom stereocenters. The van der Waals surface area contributed by atoms with Crippen molar-refractivity contribution in [1.29, 1.82) is 10.5 Å². The number of nitriles is 2. The third-order valence-electron chi connectivity index (χ3n) is 1.67. The van der Waals surface area contributed by atoms with Gasteiger partial charge in [-0.25, -0.2) is 4.39 Å². The van der Waals surface area contributed by atoms with Crippen LogP contribution in [0.3, 0.4) is 0 Å². The molecule has 0 aromatic heterocycles. The van der Waals surface area contributed by atoms with Gasteiger partial charge in [-0.05, 0) is 12.1 Å². The van der Waals surface area contributed by atoms with Crippen molar-refractivity contribution in [2.75, 3.05) is 0 Å². The number of hydrogen-bond donors (Lipinski definition) is 0. The maximum atomic E-state index is 13.1. The summed E-state index contributed by atoms with van der Waals surface area (Å²) >= 11 is 0. The molecule has 15 heavy (non-hydrogen) atoms. The van der Waals surface area contributed by atoms with Crippen LogP contribution < -0.4 is 0 Å². The SMILES string of the molecule is N#Cc1ccc(C#N)c(C(F)(F)F)c1F. The second-order valence-corrected chi connectivity index (χ2v) is 2.57. The van der Waals surface area contributed by atoms with Gasteiger partial charge < -0.3 is 0 Å². The van der Waals surface area contributed by atoms with Crippen LogP contribution >= 0.6 is 0 Å². The van der Waals surface area contributed by atoms with E-state index in [-0.39, 0.29) is 0 Å². The number of alkyl halides is 3. The van der Waals surface area contributed by atoms with Crippen molar-refractivity contribution in [3.63, 3.8) is 0 Å². The Kier molecular flexibility index (Phi) is 2.63. The van der Waals surface area contributed by atoms with Crippen molar-refractivity contribution < 1.29 is 17.6 Å². The first-order valence-corrected chi connectivity index (χ1v) is 3.61. The molecule has 6 heteroatoms. The predicted molar refractivity (Wildman–Crippen MR) is 40.8 cm³/mol. The van der Waals surface area contributed by atoms with Crippen LogP contribution in [0.2, 0.25) is 0 Å². The quantitative estimate of drug-likeness (QED) is 0.623. The van der Waals surface area contributed by atoms with Crippen LogP contribution in [0.25, 0.3) is 0 Å². The summed E-state index contributed by atoms with van der Waals surface area (Å²) in [5.41, 5.74) is -3.26. The van der Waals surface area contributed by atoms with E-state index in [4.69, 9.17) is 10.5 Å². The molecule has 0 spiro atoms. The zero-order valence-corrected chi connectivity index (χ0v) is 7.06. The number of halogens is 4. The van der Waals surface area contributed by atoms with Crippen molar-refractivity contribution in [1.82, 2.24) is 0 Å². The standard InChI is InChI=1S/C9H2F4N2/c10-8-6(4-15)2-1-5(3-14)7(8)9(11,12)13/h1-2H. The van der Waals surface area contributed by atoms with Gasteiger partial charge in [0.25, 0.3) is 0 Å². The third-order valence-corrected chi connectivity index (χ3v) is 1.67. The Balaban J connectivity index is 3.61. The molecule has 0 aliphatic rings. The van der Waals surface area contributed by atoms with Crippen LogP contribution in [0.4, 0.5) is 17.6 Å². The van der Waals surface area contributed by atoms with Crippen LogP contribution in [0.5, 0.6) is 0 Å². The van der Waals surface area contributed by atoms with Crippen molar-refractivity contribution in [2.24, 2.45) is 0 Å². The number of nitrogens with zero attached hydrogens (tertiary/aromatic N) is 2. The lowest BCUT2D eigenvalue weighted by molar-refractivity contribution is -0.140. The summed E-state index contributed by atoms with van der Waals surface area (Å²) in [6.07, 6.45) is -4.98. The Morgan fingerprint density at radius 1 is 1.00 bits per heavy atom. The van der Waals surface area contributed by atoms with Crippen LogP contribution in [-0.2, 0) is 6.18 Å². The minimum Gasteiger partial charge on any atom is -0.205 e. The summed E-state index contributed by atoms with van der Waals surface area (Å²) in [7, 11) is 0. The highest BCUT2D eigenvalue weighted by atomic mass is 19.4. The van der Waals surface area contributed by atoms with Crippen LogP contribution in [-0.4, -0.2) is 0 Å². The Hall–Kier alpha value is -2.08. The Bertz CT molecular complexity index is 477. The first kappa shape index (κ1) is 11.0. The Labute approximate surface area is 82.0 Å². The maximum Gasteiger partial charge on any atom is 0.420 e. The van der Waals surface area contributed by atoms with E-state index < -0.39 is 28.7 Å². The van der Waals surface area contributed by atoms with Gasteiger partial charge in [-0.15, -0.1) is 0 Å². The zero-order valence-electron chi connectivity index (χ0n) is 7.06. The van der Waals surface area contributed by atoms with E-state index in [9.17, 15) is 17.6 Å². The predicted octanol–water partition coefficient (Wildman–Crippen LogP) is 2.59. The molecule has 0 N–H and O–H groups in total. The van der Waals surface area contributed by atoms with E-state index in [1.807, 2.05) is 0 Å². The summed E-state index contributed by atoms with van der Waals surface area (Å²) in [5.74, 6) is -1.70. The summed E-state index contributed by atoms with van der Waals surface area (Å²) in [5, 5.41) is 16.7. The monoisotopic (exact) mass is 214 g/mol. The molecule has 1 rings (SSSR count). The van der Waals surface area contributed by atoms with Gasteiger partial charge in [0.15, 0.2) is 5.82 Å². The highest BCUT2D eigenvalue weighted by Crippen LogP contribution is 2.34. The average Bonchev–Trinajstić information content (AvgIpc) is 2.15. The molecule has 1 aromatic rings. The minimum absolute atomic E-state index is 0.735. The topological polar surface area (TPSA) is 47.6 Å². The summed E-state index contributed by atoms with van der Waals surface area (Å²) < 4.78 is 50.1. The Morgan fingerprint density at radius 3 is 1.87 bits per heavy atom. The van der Waals surface area contributed by atoms with Crippen molar-refractivity contribution >= 4 is 0 Å². The number of hydrogen-bond acceptors (Lipinski definition) is 2. The van der Waals surface area contributed by atoms with Crippen molar-refractivity contribution in [2.45, 2.75) is 6.18 Å². The summed E-state index contributed by atoms with van der Waals surface area (Å²) in [6.45, 7) is 0. The van der Waals surface area contributed by atoms with Gasteiger partial charge in [-0.2, -0.15) is 23.7 Å². The average molecular weight is 214 g/mol. The van der Waals surface area contributed by atoms with Crippen LogP contribution in [0.1, 0.15) is 16.7 Å². The smallest absolute Gasteiger partial charge is 0.205 e. The molecule has 0 unspecified atom stereocenters. The fourth-order valence-electron chi connectivity index (χ4n) is 1.03. The molecule has 76 valence electrons. The summed E-state index contributed by atoms with van der Waals surface area (Å²) in [6, 6.07) is 4.10. The molecule has 0 bridgehead atoms. The Morgan fingerprint density at radius 2 is 1.47 bits per heavy atom. The second kappa shape index (κ2) is 3.58. The normalized spacial score (nSPS) is 10.5. The molecule has 0 aliphatic heterocycles. The van der Waals surface area contributed by atoms with E-state index in [2.05, 4.69) is 0 Å². The van der Waals surface area contributed by atoms with Gasteiger partial charge in [0.05, 0.1) is 17.2 Å². The van der Waals surface area contributed by atoms with Crippen LogP contribution in [0, 0.1) is 28.5 Å². The molecule has 0 amide bonds. The van der Waals surface area contributed by atoms with Crippen LogP contribution in [0.15, 0.2) is 12.1 Å². The maximum absolute atomic E-state index is 13.1. The zero-order chi connectivity index (χ0) is 11.6. The molecule has 0 aliphatic carbocycles. The van der Waals surface area contributed by atoms with Gasteiger partial charge in [0.2, 0.25) is 0 Å².